The van der Waals surface area contributed by atoms with E-state index in [0.717, 1.165) is 25.5 Å². The van der Waals surface area contributed by atoms with Gasteiger partial charge in [-0.15, -0.1) is 0 Å². The lowest BCUT2D eigenvalue weighted by atomic mass is 9.86. The normalized spacial score (nSPS) is 16.9. The van der Waals surface area contributed by atoms with Crippen molar-refractivity contribution in [2.75, 3.05) is 16.5 Å². The predicted octanol–water partition coefficient (Wildman–Crippen LogP) is 8.75. The van der Waals surface area contributed by atoms with E-state index in [0.29, 0.717) is 6.10 Å². The van der Waals surface area contributed by atoms with E-state index in [1.165, 1.54) is 98.8 Å². The Morgan fingerprint density at radius 3 is 2.16 bits per heavy atom. The van der Waals surface area contributed by atoms with Crippen LogP contribution < -0.4 is 14.5 Å². The van der Waals surface area contributed by atoms with Crippen LogP contribution in [0.1, 0.15) is 65.5 Å². The fraction of sp³-hybridized carbons (Fsp3) is 0.371. The van der Waals surface area contributed by atoms with Crippen LogP contribution in [0.2, 0.25) is 0 Å². The zero-order chi connectivity index (χ0) is 26.0. The minimum absolute atomic E-state index is 0.334. The van der Waals surface area contributed by atoms with E-state index in [1.54, 1.807) is 0 Å². The monoisotopic (exact) mass is 502 g/mol. The smallest absolute Gasteiger partial charge is 0.128 e. The maximum Gasteiger partial charge on any atom is 0.128 e. The lowest BCUT2D eigenvalue weighted by Gasteiger charge is -2.47. The van der Waals surface area contributed by atoms with Crippen LogP contribution in [0.3, 0.4) is 0 Å². The zero-order valence-electron chi connectivity index (χ0n) is 23.2. The molecule has 3 aliphatic rings. The van der Waals surface area contributed by atoms with Crippen LogP contribution in [-0.4, -0.2) is 12.8 Å². The highest BCUT2D eigenvalue weighted by atomic mass is 16.5. The van der Waals surface area contributed by atoms with Crippen molar-refractivity contribution in [3.63, 3.8) is 0 Å². The molecule has 0 spiro atoms. The maximum absolute atomic E-state index is 6.72. The van der Waals surface area contributed by atoms with E-state index in [4.69, 9.17) is 4.74 Å². The van der Waals surface area contributed by atoms with Gasteiger partial charge >= 0.3 is 0 Å². The lowest BCUT2D eigenvalue weighted by Crippen LogP contribution is -2.47. The van der Waals surface area contributed by atoms with Crippen LogP contribution in [0.25, 0.3) is 21.9 Å². The van der Waals surface area contributed by atoms with Crippen LogP contribution in [0, 0.1) is 27.7 Å². The van der Waals surface area contributed by atoms with Gasteiger partial charge in [-0.25, -0.2) is 0 Å². The first-order chi connectivity index (χ1) is 18.5. The number of anilines is 2. The summed E-state index contributed by atoms with van der Waals surface area (Å²) in [5.41, 5.74) is 14.0. The number of benzene rings is 4. The standard InChI is InChI=1S/C35H38N2O/c1-22-16-17-23(2)34-30(22)19-36-21-37(34)20-31-25(4)29(18-24(3)35(31)36)28-14-8-10-26-11-9-15-32(33(26)28)38-27-12-6-5-7-13-27/h8-11,14-18,27H,5-7,12-13,19-21H2,1-4H3. The summed E-state index contributed by atoms with van der Waals surface area (Å²) in [4.78, 5) is 5.20. The molecule has 1 fully saturated rings. The molecule has 0 radical (unpaired) electrons. The van der Waals surface area contributed by atoms with E-state index >= 15 is 0 Å². The van der Waals surface area contributed by atoms with E-state index in [1.807, 2.05) is 0 Å². The van der Waals surface area contributed by atoms with Crippen molar-refractivity contribution >= 4 is 22.1 Å². The van der Waals surface area contributed by atoms with Gasteiger partial charge in [0.2, 0.25) is 0 Å². The Morgan fingerprint density at radius 2 is 1.37 bits per heavy atom. The molecule has 2 aliphatic heterocycles. The van der Waals surface area contributed by atoms with Crippen LogP contribution in [0.5, 0.6) is 5.75 Å². The summed E-state index contributed by atoms with van der Waals surface area (Å²) in [6.07, 6.45) is 6.57. The van der Waals surface area contributed by atoms with Crippen molar-refractivity contribution in [2.24, 2.45) is 0 Å². The molecular formula is C35H38N2O. The number of rotatable bonds is 3. The highest BCUT2D eigenvalue weighted by molar-refractivity contribution is 6.02. The van der Waals surface area contributed by atoms with Crippen LogP contribution in [-0.2, 0) is 13.1 Å². The number of hydrogen-bond acceptors (Lipinski definition) is 3. The van der Waals surface area contributed by atoms with Gasteiger partial charge in [-0.05, 0) is 115 Å². The summed E-state index contributed by atoms with van der Waals surface area (Å²) in [5, 5.41) is 2.52. The molecule has 0 saturated heterocycles. The maximum atomic E-state index is 6.72. The molecule has 1 aliphatic carbocycles. The highest BCUT2D eigenvalue weighted by Gasteiger charge is 2.34. The molecule has 4 aromatic carbocycles. The summed E-state index contributed by atoms with van der Waals surface area (Å²) in [7, 11) is 0. The first-order valence-corrected chi connectivity index (χ1v) is 14.4. The van der Waals surface area contributed by atoms with E-state index < -0.39 is 0 Å². The molecule has 7 rings (SSSR count). The van der Waals surface area contributed by atoms with Gasteiger partial charge in [-0.1, -0.05) is 48.9 Å². The largest absolute Gasteiger partial charge is 0.490 e. The average Bonchev–Trinajstić information content (AvgIpc) is 2.93. The third-order valence-corrected chi connectivity index (χ3v) is 9.27. The molecule has 3 heteroatoms. The molecule has 0 atom stereocenters. The Hall–Kier alpha value is -3.46. The second kappa shape index (κ2) is 9.08. The molecule has 38 heavy (non-hydrogen) atoms. The highest BCUT2D eigenvalue weighted by Crippen LogP contribution is 2.47. The fourth-order valence-corrected chi connectivity index (χ4v) is 7.36. The Morgan fingerprint density at radius 1 is 0.684 bits per heavy atom. The minimum Gasteiger partial charge on any atom is -0.490 e. The second-order valence-corrected chi connectivity index (χ2v) is 11.8. The van der Waals surface area contributed by atoms with E-state index in [2.05, 4.69) is 92.1 Å². The summed E-state index contributed by atoms with van der Waals surface area (Å²) in [5.74, 6) is 1.05. The Bertz CT molecular complexity index is 1560. The van der Waals surface area contributed by atoms with Crippen molar-refractivity contribution < 1.29 is 4.74 Å². The topological polar surface area (TPSA) is 15.7 Å². The molecule has 0 N–H and O–H groups in total. The third kappa shape index (κ3) is 3.70. The van der Waals surface area contributed by atoms with Crippen molar-refractivity contribution in [1.82, 2.24) is 0 Å². The quantitative estimate of drug-likeness (QED) is 0.278. The van der Waals surface area contributed by atoms with Crippen LogP contribution >= 0.6 is 0 Å². The second-order valence-electron chi connectivity index (χ2n) is 11.8. The number of aryl methyl sites for hydroxylation is 3. The molecule has 0 aromatic heterocycles. The first kappa shape index (κ1) is 23.6. The van der Waals surface area contributed by atoms with Gasteiger partial charge in [0.25, 0.3) is 0 Å². The lowest BCUT2D eigenvalue weighted by molar-refractivity contribution is 0.157. The molecule has 4 aromatic rings. The Kier molecular flexibility index (Phi) is 5.65. The van der Waals surface area contributed by atoms with Crippen molar-refractivity contribution in [1.29, 1.82) is 0 Å². The van der Waals surface area contributed by atoms with Gasteiger partial charge < -0.3 is 14.5 Å². The van der Waals surface area contributed by atoms with Gasteiger partial charge in [0, 0.05) is 29.9 Å². The molecule has 0 amide bonds. The van der Waals surface area contributed by atoms with Gasteiger partial charge in [0.15, 0.2) is 0 Å². The fourth-order valence-electron chi connectivity index (χ4n) is 7.36. The summed E-state index contributed by atoms with van der Waals surface area (Å²) in [6.45, 7) is 12.1. The molecule has 1 saturated carbocycles. The number of nitrogens with zero attached hydrogens (tertiary/aromatic N) is 2. The average molecular weight is 503 g/mol. The Labute approximate surface area is 227 Å². The van der Waals surface area contributed by atoms with Gasteiger partial charge in [0.1, 0.15) is 5.75 Å². The third-order valence-electron chi connectivity index (χ3n) is 9.27. The zero-order valence-corrected chi connectivity index (χ0v) is 23.2. The van der Waals surface area contributed by atoms with Gasteiger partial charge in [0.05, 0.1) is 12.8 Å². The summed E-state index contributed by atoms with van der Waals surface area (Å²) >= 11 is 0. The molecule has 0 unspecified atom stereocenters. The first-order valence-electron chi connectivity index (χ1n) is 14.4. The van der Waals surface area contributed by atoms with Crippen LogP contribution in [0.15, 0.2) is 54.6 Å². The molecular weight excluding hydrogens is 464 g/mol. The Balaban J connectivity index is 1.36. The number of ether oxygens (including phenoxy) is 1. The van der Waals surface area contributed by atoms with Gasteiger partial charge in [-0.2, -0.15) is 0 Å². The van der Waals surface area contributed by atoms with Crippen molar-refractivity contribution in [3.8, 4) is 16.9 Å². The van der Waals surface area contributed by atoms with E-state index in [9.17, 15) is 0 Å². The van der Waals surface area contributed by atoms with Gasteiger partial charge in [-0.3, -0.25) is 0 Å². The predicted molar refractivity (Wildman–Crippen MR) is 160 cm³/mol. The molecule has 2 heterocycles. The van der Waals surface area contributed by atoms with E-state index in [-0.39, 0.29) is 0 Å². The minimum atomic E-state index is 0.334. The van der Waals surface area contributed by atoms with Crippen LogP contribution in [0.4, 0.5) is 11.4 Å². The summed E-state index contributed by atoms with van der Waals surface area (Å²) < 4.78 is 6.72. The molecule has 2 bridgehead atoms. The molecule has 3 nitrogen and oxygen atoms in total. The van der Waals surface area contributed by atoms with Crippen molar-refractivity contribution in [2.45, 2.75) is 79.0 Å². The summed E-state index contributed by atoms with van der Waals surface area (Å²) in [6, 6.07) is 20.3. The number of fused-ring (bicyclic) bond motifs is 7. The number of hydrogen-bond donors (Lipinski definition) is 0. The van der Waals surface area contributed by atoms with Crippen molar-refractivity contribution in [3.05, 3.63) is 88.0 Å². The SMILES string of the molecule is Cc1ccc(C)c2c1CN1CN2Cc2c(C)c(-c3cccc4cccc(OC5CCCCC5)c34)cc(C)c21. The molecule has 194 valence electrons.